The van der Waals surface area contributed by atoms with Crippen LogP contribution in [-0.2, 0) is 19.1 Å². The molecule has 3 aliphatic rings. The summed E-state index contributed by atoms with van der Waals surface area (Å²) >= 11 is 0. The van der Waals surface area contributed by atoms with Gasteiger partial charge < -0.3 is 14.3 Å². The summed E-state index contributed by atoms with van der Waals surface area (Å²) in [5.41, 5.74) is -0.310. The number of ether oxygens (including phenoxy) is 2. The van der Waals surface area contributed by atoms with Gasteiger partial charge in [-0.2, -0.15) is 0 Å². The van der Waals surface area contributed by atoms with Gasteiger partial charge in [0.2, 0.25) is 0 Å². The molecule has 0 aliphatic heterocycles. The summed E-state index contributed by atoms with van der Waals surface area (Å²) in [6.07, 6.45) is 6.20. The van der Waals surface area contributed by atoms with Crippen molar-refractivity contribution in [3.63, 3.8) is 0 Å². The van der Waals surface area contributed by atoms with Crippen molar-refractivity contribution in [2.75, 3.05) is 14.2 Å². The Kier molecular flexibility index (Phi) is 8.30. The Morgan fingerprint density at radius 3 is 1.55 bits per heavy atom. The predicted molar refractivity (Wildman–Crippen MR) is 88.8 cm³/mol. The maximum Gasteiger partial charge on any atom is 0.311 e. The lowest BCUT2D eigenvalue weighted by Crippen LogP contribution is -2.46. The first-order valence-corrected chi connectivity index (χ1v) is 8.32. The molecular weight excluding hydrogens is 280 g/mol. The van der Waals surface area contributed by atoms with E-state index in [9.17, 15) is 9.59 Å². The van der Waals surface area contributed by atoms with E-state index in [0.717, 1.165) is 44.8 Å². The zero-order valence-electron chi connectivity index (χ0n) is 15.5. The average molecular weight is 314 g/mol. The molecule has 0 N–H and O–H groups in total. The minimum absolute atomic E-state index is 0.0417. The second kappa shape index (κ2) is 8.66. The Balaban J connectivity index is 0.000000470. The summed E-state index contributed by atoms with van der Waals surface area (Å²) in [5, 5.41) is 0. The Morgan fingerprint density at radius 1 is 0.955 bits per heavy atom. The van der Waals surface area contributed by atoms with E-state index in [-0.39, 0.29) is 22.4 Å². The van der Waals surface area contributed by atoms with Crippen molar-refractivity contribution in [3.8, 4) is 0 Å². The van der Waals surface area contributed by atoms with Crippen molar-refractivity contribution in [3.05, 3.63) is 0 Å². The van der Waals surface area contributed by atoms with Gasteiger partial charge >= 0.3 is 5.97 Å². The maximum absolute atomic E-state index is 11.6. The fraction of sp³-hybridized carbons (Fsp3) is 0.889. The van der Waals surface area contributed by atoms with Gasteiger partial charge in [-0.1, -0.05) is 13.8 Å². The van der Waals surface area contributed by atoms with Crippen LogP contribution in [0.15, 0.2) is 0 Å². The number of hydrogen-bond donors (Lipinski definition) is 0. The van der Waals surface area contributed by atoms with Gasteiger partial charge in [0.1, 0.15) is 6.29 Å². The Labute approximate surface area is 135 Å². The second-order valence-corrected chi connectivity index (χ2v) is 7.07. The van der Waals surface area contributed by atoms with Crippen molar-refractivity contribution in [2.24, 2.45) is 10.8 Å². The minimum Gasteiger partial charge on any atom is -0.469 e. The van der Waals surface area contributed by atoms with E-state index in [1.807, 2.05) is 34.6 Å². The molecule has 0 atom stereocenters. The third-order valence-corrected chi connectivity index (χ3v) is 4.79. The smallest absolute Gasteiger partial charge is 0.311 e. The van der Waals surface area contributed by atoms with Crippen LogP contribution < -0.4 is 0 Å². The number of aldehydes is 1. The predicted octanol–water partition coefficient (Wildman–Crippen LogP) is 4.16. The molecule has 0 unspecified atom stereocenters. The van der Waals surface area contributed by atoms with Crippen LogP contribution >= 0.6 is 0 Å². The third-order valence-electron chi connectivity index (χ3n) is 4.79. The summed E-state index contributed by atoms with van der Waals surface area (Å²) in [5.74, 6) is -0.0725. The molecule has 0 saturated heterocycles. The first-order valence-electron chi connectivity index (χ1n) is 8.32. The van der Waals surface area contributed by atoms with Crippen LogP contribution in [0.5, 0.6) is 0 Å². The van der Waals surface area contributed by atoms with Gasteiger partial charge in [0.05, 0.1) is 18.1 Å². The van der Waals surface area contributed by atoms with Gasteiger partial charge in [-0.25, -0.2) is 0 Å². The molecule has 0 radical (unpaired) electrons. The van der Waals surface area contributed by atoms with Crippen molar-refractivity contribution in [1.82, 2.24) is 0 Å². The molecule has 3 rings (SSSR count). The molecule has 0 heterocycles. The molecule has 3 aliphatic carbocycles. The fourth-order valence-corrected chi connectivity index (χ4v) is 2.91. The zero-order valence-corrected chi connectivity index (χ0v) is 15.5. The van der Waals surface area contributed by atoms with E-state index in [4.69, 9.17) is 9.47 Å². The number of methoxy groups -OCH3 is 2. The summed E-state index contributed by atoms with van der Waals surface area (Å²) < 4.78 is 9.79. The first-order chi connectivity index (χ1) is 10.2. The van der Waals surface area contributed by atoms with Gasteiger partial charge in [-0.05, 0) is 59.3 Å². The van der Waals surface area contributed by atoms with Gasteiger partial charge in [0.25, 0.3) is 0 Å². The minimum atomic E-state index is -0.250. The molecule has 22 heavy (non-hydrogen) atoms. The topological polar surface area (TPSA) is 52.6 Å². The first kappa shape index (κ1) is 21.1. The highest BCUT2D eigenvalue weighted by molar-refractivity contribution is 5.78. The lowest BCUT2D eigenvalue weighted by atomic mass is 9.54. The highest BCUT2D eigenvalue weighted by Gasteiger charge is 2.52. The fourth-order valence-electron chi connectivity index (χ4n) is 2.91. The van der Waals surface area contributed by atoms with Crippen molar-refractivity contribution in [2.45, 2.75) is 78.7 Å². The van der Waals surface area contributed by atoms with E-state index >= 15 is 0 Å². The molecule has 0 aromatic carbocycles. The lowest BCUT2D eigenvalue weighted by Gasteiger charge is -2.49. The van der Waals surface area contributed by atoms with Crippen LogP contribution in [0.1, 0.15) is 73.1 Å². The van der Waals surface area contributed by atoms with Crippen LogP contribution in [0.3, 0.4) is 0 Å². The average Bonchev–Trinajstić information content (AvgIpc) is 2.57. The summed E-state index contributed by atoms with van der Waals surface area (Å²) in [7, 11) is 3.16. The molecule has 0 amide bonds. The molecule has 4 nitrogen and oxygen atoms in total. The molecule has 2 bridgehead atoms. The van der Waals surface area contributed by atoms with Gasteiger partial charge in [0.15, 0.2) is 0 Å². The normalized spacial score (nSPS) is 29.4. The van der Waals surface area contributed by atoms with Gasteiger partial charge in [-0.15, -0.1) is 0 Å². The number of esters is 1. The van der Waals surface area contributed by atoms with E-state index in [1.54, 1.807) is 7.11 Å². The molecule has 3 saturated carbocycles. The van der Waals surface area contributed by atoms with Crippen LogP contribution in [0.25, 0.3) is 0 Å². The number of rotatable bonds is 2. The van der Waals surface area contributed by atoms with Crippen molar-refractivity contribution >= 4 is 12.3 Å². The second-order valence-electron chi connectivity index (χ2n) is 7.07. The number of carbonyl (C=O) groups is 2. The molecular formula is C18H34O4. The molecule has 0 aromatic heterocycles. The van der Waals surface area contributed by atoms with Crippen LogP contribution in [0.2, 0.25) is 0 Å². The molecule has 0 spiro atoms. The number of carbonyl (C=O) groups excluding carboxylic acids is 2. The van der Waals surface area contributed by atoms with E-state index < -0.39 is 0 Å². The quantitative estimate of drug-likeness (QED) is 0.567. The van der Waals surface area contributed by atoms with E-state index in [0.29, 0.717) is 0 Å². The van der Waals surface area contributed by atoms with E-state index in [1.165, 1.54) is 7.11 Å². The van der Waals surface area contributed by atoms with Crippen LogP contribution in [-0.4, -0.2) is 32.1 Å². The highest BCUT2D eigenvalue weighted by atomic mass is 16.5. The SMILES string of the molecule is CC.COC(=O)C12CCC(C=O)(CC1)CC2.COC(C)(C)C. The lowest BCUT2D eigenvalue weighted by molar-refractivity contribution is -0.163. The Bertz CT molecular complexity index is 330. The van der Waals surface area contributed by atoms with Gasteiger partial charge in [-0.3, -0.25) is 4.79 Å². The van der Waals surface area contributed by atoms with Crippen LogP contribution in [0.4, 0.5) is 0 Å². The standard InChI is InChI=1S/C11H16O3.C5H12O.C2H6/c1-14-9(13)11-5-2-10(8-12,3-6-11)4-7-11;1-5(2,3)6-4;1-2/h8H,2-7H2,1H3;1-4H3;1-2H3. The highest BCUT2D eigenvalue weighted by Crippen LogP contribution is 2.56. The van der Waals surface area contributed by atoms with Crippen LogP contribution in [0, 0.1) is 10.8 Å². The Hall–Kier alpha value is -0.900. The molecule has 4 heteroatoms. The van der Waals surface area contributed by atoms with Crippen molar-refractivity contribution < 1.29 is 19.1 Å². The number of fused-ring (bicyclic) bond motifs is 3. The summed E-state index contributed by atoms with van der Waals surface area (Å²) in [4.78, 5) is 22.6. The molecule has 130 valence electrons. The zero-order chi connectivity index (χ0) is 17.4. The maximum atomic E-state index is 11.6. The van der Waals surface area contributed by atoms with Gasteiger partial charge in [0, 0.05) is 12.5 Å². The van der Waals surface area contributed by atoms with Crippen molar-refractivity contribution in [1.29, 1.82) is 0 Å². The molecule has 0 aromatic rings. The third kappa shape index (κ3) is 5.38. The van der Waals surface area contributed by atoms with E-state index in [2.05, 4.69) is 0 Å². The summed E-state index contributed by atoms with van der Waals surface area (Å²) in [6.45, 7) is 10.1. The molecule has 3 fully saturated rings. The largest absolute Gasteiger partial charge is 0.469 e. The Morgan fingerprint density at radius 2 is 1.32 bits per heavy atom. The number of hydrogen-bond acceptors (Lipinski definition) is 4. The summed E-state index contributed by atoms with van der Waals surface area (Å²) in [6, 6.07) is 0. The monoisotopic (exact) mass is 314 g/mol.